The van der Waals surface area contributed by atoms with Crippen molar-refractivity contribution >= 4 is 23.4 Å². The Morgan fingerprint density at radius 2 is 2.33 bits per heavy atom. The second kappa shape index (κ2) is 4.59. The summed E-state index contributed by atoms with van der Waals surface area (Å²) in [5.41, 5.74) is 0.174. The zero-order chi connectivity index (χ0) is 13.3. The molecule has 0 aromatic heterocycles. The molecule has 0 saturated carbocycles. The predicted molar refractivity (Wildman–Crippen MR) is 62.6 cm³/mol. The van der Waals surface area contributed by atoms with E-state index < -0.39 is 24.0 Å². The Bertz CT molecular complexity index is 513. The molecule has 1 N–H and O–H groups in total. The molecule has 1 aliphatic rings. The molecule has 18 heavy (non-hydrogen) atoms. The Morgan fingerprint density at radius 3 is 3.00 bits per heavy atom. The number of ether oxygens (including phenoxy) is 2. The van der Waals surface area contributed by atoms with Crippen LogP contribution in [-0.2, 0) is 9.53 Å². The van der Waals surface area contributed by atoms with Crippen molar-refractivity contribution in [2.45, 2.75) is 19.1 Å². The summed E-state index contributed by atoms with van der Waals surface area (Å²) in [5, 5.41) is 10.2. The molecule has 1 aliphatic heterocycles. The highest BCUT2D eigenvalue weighted by atomic mass is 35.5. The smallest absolute Gasteiger partial charge is 0.380 e. The van der Waals surface area contributed by atoms with Gasteiger partial charge < -0.3 is 14.6 Å². The Morgan fingerprint density at radius 1 is 1.61 bits per heavy atom. The fraction of sp³-hybridized carbons (Fsp3) is 0.333. The minimum Gasteiger partial charge on any atom is -0.461 e. The first-order valence-corrected chi connectivity index (χ1v) is 5.76. The molecule has 0 fully saturated rings. The summed E-state index contributed by atoms with van der Waals surface area (Å²) in [7, 11) is 0. The van der Waals surface area contributed by atoms with E-state index >= 15 is 0 Å². The van der Waals surface area contributed by atoms with Crippen LogP contribution in [0.25, 0.3) is 0 Å². The third-order valence-corrected chi connectivity index (χ3v) is 2.84. The zero-order valence-corrected chi connectivity index (χ0v) is 10.4. The van der Waals surface area contributed by atoms with Gasteiger partial charge in [-0.2, -0.15) is 0 Å². The normalized spacial score (nSPS) is 22.1. The Balaban J connectivity index is 2.39. The van der Waals surface area contributed by atoms with Gasteiger partial charge in [-0.05, 0) is 19.1 Å². The number of aliphatic hydroxyl groups is 1. The maximum absolute atomic E-state index is 11.9. The van der Waals surface area contributed by atoms with E-state index in [1.54, 1.807) is 13.0 Å². The molecule has 5 nitrogen and oxygen atoms in total. The van der Waals surface area contributed by atoms with Crippen molar-refractivity contribution in [1.29, 1.82) is 0 Å². The van der Waals surface area contributed by atoms with E-state index in [9.17, 15) is 14.7 Å². The van der Waals surface area contributed by atoms with Crippen LogP contribution < -0.4 is 4.74 Å². The van der Waals surface area contributed by atoms with Gasteiger partial charge in [-0.15, -0.1) is 0 Å². The summed E-state index contributed by atoms with van der Waals surface area (Å²) in [6.07, 6.45) is -0.511. The number of Topliss-reactive ketones (excluding diaryl/α,β-unsaturated/α-hetero) is 1. The number of rotatable bonds is 2. The average molecular weight is 271 g/mol. The molecule has 0 aliphatic carbocycles. The van der Waals surface area contributed by atoms with Crippen molar-refractivity contribution in [3.05, 3.63) is 28.8 Å². The maximum Gasteiger partial charge on any atom is 0.380 e. The number of hydrogen-bond acceptors (Lipinski definition) is 5. The topological polar surface area (TPSA) is 72.8 Å². The van der Waals surface area contributed by atoms with E-state index in [1.165, 1.54) is 12.1 Å². The van der Waals surface area contributed by atoms with Gasteiger partial charge in [0, 0.05) is 0 Å². The van der Waals surface area contributed by atoms with Crippen LogP contribution in [0.1, 0.15) is 23.7 Å². The van der Waals surface area contributed by atoms with E-state index in [2.05, 4.69) is 4.74 Å². The predicted octanol–water partition coefficient (Wildman–Crippen LogP) is 1.56. The first-order valence-electron chi connectivity index (χ1n) is 5.38. The van der Waals surface area contributed by atoms with E-state index in [4.69, 9.17) is 16.3 Å². The van der Waals surface area contributed by atoms with Crippen molar-refractivity contribution in [1.82, 2.24) is 0 Å². The fourth-order valence-electron chi connectivity index (χ4n) is 1.74. The molecule has 0 bridgehead atoms. The second-order valence-corrected chi connectivity index (χ2v) is 4.23. The van der Waals surface area contributed by atoms with Gasteiger partial charge in [-0.3, -0.25) is 4.79 Å². The summed E-state index contributed by atoms with van der Waals surface area (Å²) in [5.74, 6) is -3.64. The monoisotopic (exact) mass is 270 g/mol. The molecule has 0 radical (unpaired) electrons. The average Bonchev–Trinajstić information content (AvgIpc) is 2.28. The van der Waals surface area contributed by atoms with Gasteiger partial charge in [0.2, 0.25) is 0 Å². The fourth-order valence-corrected chi connectivity index (χ4v) is 2.01. The van der Waals surface area contributed by atoms with Crippen LogP contribution in [0.5, 0.6) is 5.75 Å². The van der Waals surface area contributed by atoms with Gasteiger partial charge in [-0.1, -0.05) is 17.7 Å². The van der Waals surface area contributed by atoms with Crippen molar-refractivity contribution in [2.75, 3.05) is 6.61 Å². The van der Waals surface area contributed by atoms with Gasteiger partial charge in [0.25, 0.3) is 0 Å². The Kier molecular flexibility index (Phi) is 3.28. The van der Waals surface area contributed by atoms with Crippen molar-refractivity contribution in [3.63, 3.8) is 0 Å². The minimum atomic E-state index is -2.27. The molecule has 1 unspecified atom stereocenters. The number of carbonyl (C=O) groups excluding carboxylic acids is 2. The van der Waals surface area contributed by atoms with E-state index in [-0.39, 0.29) is 22.9 Å². The molecular formula is C12H11ClO5. The number of fused-ring (bicyclic) bond motifs is 1. The molecule has 1 heterocycles. The molecule has 96 valence electrons. The number of carbonyl (C=O) groups is 2. The van der Waals surface area contributed by atoms with Crippen LogP contribution in [0.4, 0.5) is 0 Å². The largest absolute Gasteiger partial charge is 0.461 e. The third kappa shape index (κ3) is 2.07. The molecule has 6 heteroatoms. The van der Waals surface area contributed by atoms with Gasteiger partial charge >= 0.3 is 11.8 Å². The number of hydrogen-bond donors (Lipinski definition) is 1. The molecule has 2 rings (SSSR count). The lowest BCUT2D eigenvalue weighted by Crippen LogP contribution is -2.50. The molecule has 1 aromatic carbocycles. The lowest BCUT2D eigenvalue weighted by atomic mass is 9.98. The number of esters is 1. The highest BCUT2D eigenvalue weighted by Crippen LogP contribution is 2.36. The Hall–Kier alpha value is -1.59. The lowest BCUT2D eigenvalue weighted by Gasteiger charge is -2.31. The van der Waals surface area contributed by atoms with Crippen LogP contribution >= 0.6 is 11.6 Å². The highest BCUT2D eigenvalue weighted by molar-refractivity contribution is 6.34. The van der Waals surface area contributed by atoms with Crippen LogP contribution in [0.15, 0.2) is 18.2 Å². The first-order chi connectivity index (χ1) is 8.48. The van der Waals surface area contributed by atoms with Gasteiger partial charge in [0.05, 0.1) is 23.6 Å². The summed E-state index contributed by atoms with van der Waals surface area (Å²) >= 11 is 5.87. The molecular weight excluding hydrogens is 260 g/mol. The van der Waals surface area contributed by atoms with Crippen molar-refractivity contribution in [3.8, 4) is 5.75 Å². The van der Waals surface area contributed by atoms with Crippen molar-refractivity contribution in [2.24, 2.45) is 0 Å². The van der Waals surface area contributed by atoms with Crippen molar-refractivity contribution < 1.29 is 24.2 Å². The van der Waals surface area contributed by atoms with Crippen LogP contribution in [-0.4, -0.2) is 29.3 Å². The summed E-state index contributed by atoms with van der Waals surface area (Å²) in [6.45, 7) is 1.68. The maximum atomic E-state index is 11.9. The molecule has 1 aromatic rings. The van der Waals surface area contributed by atoms with E-state index in [0.29, 0.717) is 0 Å². The highest BCUT2D eigenvalue weighted by Gasteiger charge is 2.47. The second-order valence-electron chi connectivity index (χ2n) is 3.82. The molecule has 1 atom stereocenters. The standard InChI is InChI=1S/C12H11ClO5/c1-2-17-11(15)12(16)6-8(14)10-7(13)4-3-5-9(10)18-12/h3-5,16H,2,6H2,1H3. The van der Waals surface area contributed by atoms with Gasteiger partial charge in [0.15, 0.2) is 5.78 Å². The third-order valence-electron chi connectivity index (χ3n) is 2.53. The van der Waals surface area contributed by atoms with E-state index in [0.717, 1.165) is 0 Å². The zero-order valence-electron chi connectivity index (χ0n) is 9.60. The van der Waals surface area contributed by atoms with Gasteiger partial charge in [0.1, 0.15) is 5.75 Å². The lowest BCUT2D eigenvalue weighted by molar-refractivity contribution is -0.200. The number of ketones is 1. The van der Waals surface area contributed by atoms with Gasteiger partial charge in [-0.25, -0.2) is 4.79 Å². The van der Waals surface area contributed by atoms with Crippen LogP contribution in [0, 0.1) is 0 Å². The molecule has 0 saturated heterocycles. The van der Waals surface area contributed by atoms with E-state index in [1.807, 2.05) is 0 Å². The van der Waals surface area contributed by atoms with Crippen LogP contribution in [0.3, 0.4) is 0 Å². The SMILES string of the molecule is CCOC(=O)C1(O)CC(=O)c2c(Cl)cccc2O1. The quantitative estimate of drug-likeness (QED) is 0.826. The Labute approximate surface area is 108 Å². The number of halogens is 1. The first kappa shape index (κ1) is 12.9. The van der Waals surface area contributed by atoms with Crippen LogP contribution in [0.2, 0.25) is 5.02 Å². The minimum absolute atomic E-state index is 0.0781. The number of benzene rings is 1. The molecule has 0 spiro atoms. The summed E-state index contributed by atoms with van der Waals surface area (Å²) in [4.78, 5) is 23.5. The molecule has 0 amide bonds. The summed E-state index contributed by atoms with van der Waals surface area (Å²) < 4.78 is 9.84. The summed E-state index contributed by atoms with van der Waals surface area (Å²) in [6, 6.07) is 4.56.